The minimum Gasteiger partial charge on any atom is -0.358 e. The lowest BCUT2D eigenvalue weighted by atomic mass is 9.77. The summed E-state index contributed by atoms with van der Waals surface area (Å²) in [5.74, 6) is -0.204. The second-order valence-corrected chi connectivity index (χ2v) is 6.69. The molecule has 0 aromatic heterocycles. The molecule has 23 heavy (non-hydrogen) atoms. The highest BCUT2D eigenvalue weighted by molar-refractivity contribution is 5.43. The molecular weight excluding hydrogens is 289 g/mol. The molecule has 120 valence electrons. The fourth-order valence-corrected chi connectivity index (χ4v) is 4.14. The summed E-state index contributed by atoms with van der Waals surface area (Å²) in [7, 11) is 2.04. The summed E-state index contributed by atoms with van der Waals surface area (Å²) in [6.07, 6.45) is 4.24. The first-order chi connectivity index (χ1) is 11.2. The van der Waals surface area contributed by atoms with Gasteiger partial charge in [0.2, 0.25) is 0 Å². The van der Waals surface area contributed by atoms with Crippen LogP contribution in [-0.4, -0.2) is 13.1 Å². The van der Waals surface area contributed by atoms with Crippen LogP contribution in [0.25, 0.3) is 0 Å². The van der Waals surface area contributed by atoms with Crippen molar-refractivity contribution in [3.63, 3.8) is 0 Å². The molecule has 2 aromatic rings. The van der Waals surface area contributed by atoms with Crippen LogP contribution in [0.5, 0.6) is 0 Å². The molecule has 1 aliphatic heterocycles. The number of nitrogens with one attached hydrogen (secondary N) is 1. The summed E-state index contributed by atoms with van der Waals surface area (Å²) in [5, 5.41) is 3.39. The van der Waals surface area contributed by atoms with E-state index in [-0.39, 0.29) is 17.5 Å². The Balaban J connectivity index is 1.71. The third-order valence-corrected chi connectivity index (χ3v) is 5.45. The summed E-state index contributed by atoms with van der Waals surface area (Å²) in [6.45, 7) is 0. The predicted molar refractivity (Wildman–Crippen MR) is 88.8 cm³/mol. The molecule has 1 spiro atoms. The molecule has 3 heteroatoms. The third kappa shape index (κ3) is 2.48. The molecule has 1 N–H and O–H groups in total. The van der Waals surface area contributed by atoms with Crippen LogP contribution in [0.4, 0.5) is 4.39 Å². The van der Waals surface area contributed by atoms with Crippen LogP contribution >= 0.6 is 0 Å². The van der Waals surface area contributed by atoms with Gasteiger partial charge in [-0.2, -0.15) is 0 Å². The highest BCUT2D eigenvalue weighted by atomic mass is 19.1. The lowest BCUT2D eigenvalue weighted by molar-refractivity contribution is -0.0878. The number of ether oxygens (including phenoxy) is 1. The van der Waals surface area contributed by atoms with Gasteiger partial charge in [-0.05, 0) is 61.6 Å². The summed E-state index contributed by atoms with van der Waals surface area (Å²) in [6, 6.07) is 15.8. The van der Waals surface area contributed by atoms with Crippen molar-refractivity contribution in [3.8, 4) is 0 Å². The van der Waals surface area contributed by atoms with Gasteiger partial charge in [-0.1, -0.05) is 36.4 Å². The van der Waals surface area contributed by atoms with E-state index in [2.05, 4.69) is 29.6 Å². The van der Waals surface area contributed by atoms with Crippen molar-refractivity contribution in [2.75, 3.05) is 7.05 Å². The van der Waals surface area contributed by atoms with Crippen LogP contribution in [0.3, 0.4) is 0 Å². The number of hydrogen-bond donors (Lipinski definition) is 1. The Bertz CT molecular complexity index is 689. The van der Waals surface area contributed by atoms with E-state index in [1.54, 1.807) is 0 Å². The quantitative estimate of drug-likeness (QED) is 0.892. The summed E-state index contributed by atoms with van der Waals surface area (Å²) < 4.78 is 19.9. The SMILES string of the molecule is CNC1CCC2(CC1)O[C@H](c1ccc(F)cc1)c1ccccc12. The number of halogens is 1. The zero-order valence-electron chi connectivity index (χ0n) is 13.4. The summed E-state index contributed by atoms with van der Waals surface area (Å²) in [4.78, 5) is 0. The Morgan fingerprint density at radius 1 is 1.04 bits per heavy atom. The summed E-state index contributed by atoms with van der Waals surface area (Å²) >= 11 is 0. The zero-order chi connectivity index (χ0) is 15.9. The van der Waals surface area contributed by atoms with Crippen LogP contribution in [0.15, 0.2) is 48.5 Å². The Hall–Kier alpha value is -1.71. The average Bonchev–Trinajstić information content (AvgIpc) is 2.91. The van der Waals surface area contributed by atoms with Crippen LogP contribution in [0.2, 0.25) is 0 Å². The van der Waals surface area contributed by atoms with Gasteiger partial charge in [0.1, 0.15) is 11.9 Å². The van der Waals surface area contributed by atoms with Crippen LogP contribution in [-0.2, 0) is 10.3 Å². The molecule has 0 unspecified atom stereocenters. The lowest BCUT2D eigenvalue weighted by Gasteiger charge is -2.38. The van der Waals surface area contributed by atoms with Crippen LogP contribution in [0, 0.1) is 5.82 Å². The highest BCUT2D eigenvalue weighted by Crippen LogP contribution is 2.52. The molecule has 2 aromatic carbocycles. The van der Waals surface area contributed by atoms with Crippen molar-refractivity contribution >= 4 is 0 Å². The first-order valence-corrected chi connectivity index (χ1v) is 8.42. The van der Waals surface area contributed by atoms with Gasteiger partial charge < -0.3 is 10.1 Å². The molecule has 2 nitrogen and oxygen atoms in total. The fourth-order valence-electron chi connectivity index (χ4n) is 4.14. The molecule has 1 heterocycles. The molecule has 0 saturated heterocycles. The Kier molecular flexibility index (Phi) is 3.70. The third-order valence-electron chi connectivity index (χ3n) is 5.45. The number of benzene rings is 2. The topological polar surface area (TPSA) is 21.3 Å². The largest absolute Gasteiger partial charge is 0.358 e. The van der Waals surface area contributed by atoms with Crippen molar-refractivity contribution in [1.29, 1.82) is 0 Å². The molecular formula is C20H22FNO. The minimum atomic E-state index is -0.204. The molecule has 2 aliphatic rings. The maximum absolute atomic E-state index is 13.3. The smallest absolute Gasteiger partial charge is 0.123 e. The Morgan fingerprint density at radius 2 is 1.74 bits per heavy atom. The normalized spacial score (nSPS) is 29.7. The monoisotopic (exact) mass is 311 g/mol. The molecule has 1 aliphatic carbocycles. The van der Waals surface area contributed by atoms with Crippen molar-refractivity contribution < 1.29 is 9.13 Å². The molecule has 0 amide bonds. The fraction of sp³-hybridized carbons (Fsp3) is 0.400. The highest BCUT2D eigenvalue weighted by Gasteiger charge is 2.46. The Labute approximate surface area is 136 Å². The second kappa shape index (κ2) is 5.73. The molecule has 1 atom stereocenters. The van der Waals surface area contributed by atoms with Gasteiger partial charge in [-0.25, -0.2) is 4.39 Å². The van der Waals surface area contributed by atoms with Crippen molar-refractivity contribution in [3.05, 3.63) is 71.0 Å². The summed E-state index contributed by atoms with van der Waals surface area (Å²) in [5.41, 5.74) is 3.42. The van der Waals surface area contributed by atoms with E-state index in [9.17, 15) is 4.39 Å². The van der Waals surface area contributed by atoms with E-state index < -0.39 is 0 Å². The van der Waals surface area contributed by atoms with Crippen molar-refractivity contribution in [1.82, 2.24) is 5.32 Å². The van der Waals surface area contributed by atoms with Gasteiger partial charge in [0.15, 0.2) is 0 Å². The Morgan fingerprint density at radius 3 is 2.43 bits per heavy atom. The predicted octanol–water partition coefficient (Wildman–Crippen LogP) is 4.30. The van der Waals surface area contributed by atoms with Gasteiger partial charge in [0, 0.05) is 6.04 Å². The van der Waals surface area contributed by atoms with Gasteiger partial charge >= 0.3 is 0 Å². The van der Waals surface area contributed by atoms with Gasteiger partial charge in [0.05, 0.1) is 5.60 Å². The molecule has 1 saturated carbocycles. The molecule has 1 fully saturated rings. The van der Waals surface area contributed by atoms with E-state index in [4.69, 9.17) is 4.74 Å². The van der Waals surface area contributed by atoms with E-state index in [1.165, 1.54) is 23.3 Å². The number of fused-ring (bicyclic) bond motifs is 2. The first-order valence-electron chi connectivity index (χ1n) is 8.42. The van der Waals surface area contributed by atoms with Crippen molar-refractivity contribution in [2.24, 2.45) is 0 Å². The molecule has 4 rings (SSSR count). The van der Waals surface area contributed by atoms with Crippen LogP contribution < -0.4 is 5.32 Å². The lowest BCUT2D eigenvalue weighted by Crippen LogP contribution is -2.38. The van der Waals surface area contributed by atoms with E-state index in [0.717, 1.165) is 31.2 Å². The number of rotatable bonds is 2. The van der Waals surface area contributed by atoms with Crippen molar-refractivity contribution in [2.45, 2.75) is 43.4 Å². The van der Waals surface area contributed by atoms with Gasteiger partial charge in [0.25, 0.3) is 0 Å². The van der Waals surface area contributed by atoms with E-state index >= 15 is 0 Å². The van der Waals surface area contributed by atoms with Crippen LogP contribution in [0.1, 0.15) is 48.5 Å². The zero-order valence-corrected chi connectivity index (χ0v) is 13.4. The molecule has 0 bridgehead atoms. The second-order valence-electron chi connectivity index (χ2n) is 6.69. The maximum Gasteiger partial charge on any atom is 0.123 e. The van der Waals surface area contributed by atoms with Gasteiger partial charge in [-0.15, -0.1) is 0 Å². The maximum atomic E-state index is 13.3. The van der Waals surface area contributed by atoms with Gasteiger partial charge in [-0.3, -0.25) is 0 Å². The van der Waals surface area contributed by atoms with E-state index in [0.29, 0.717) is 6.04 Å². The standard InChI is InChI=1S/C20H22FNO/c1-22-16-10-12-20(13-11-16)18-5-3-2-4-17(18)19(23-20)14-6-8-15(21)9-7-14/h2-9,16,19,22H,10-13H2,1H3/t16?,19-,20?/m1/s1. The first kappa shape index (κ1) is 14.9. The number of hydrogen-bond acceptors (Lipinski definition) is 2. The van der Waals surface area contributed by atoms with E-state index in [1.807, 2.05) is 19.2 Å². The molecule has 0 radical (unpaired) electrons. The average molecular weight is 311 g/mol. The minimum absolute atomic E-state index is 0.0852.